The van der Waals surface area contributed by atoms with Crippen LogP contribution < -0.4 is 5.32 Å². The maximum Gasteiger partial charge on any atom is 0.252 e. The maximum atomic E-state index is 12.0. The van der Waals surface area contributed by atoms with Crippen molar-refractivity contribution in [2.75, 3.05) is 14.1 Å². The number of carbonyl (C=O) groups is 1. The van der Waals surface area contributed by atoms with Gasteiger partial charge in [0.15, 0.2) is 0 Å². The van der Waals surface area contributed by atoms with Gasteiger partial charge in [0, 0.05) is 29.9 Å². The van der Waals surface area contributed by atoms with E-state index in [1.165, 1.54) is 29.7 Å². The van der Waals surface area contributed by atoms with Gasteiger partial charge < -0.3 is 5.32 Å². The van der Waals surface area contributed by atoms with Crippen LogP contribution in [0.25, 0.3) is 0 Å². The Labute approximate surface area is 154 Å². The molecule has 130 valence electrons. The minimum atomic E-state index is -3.41. The Morgan fingerprint density at radius 2 is 1.92 bits per heavy atom. The molecule has 0 fully saturated rings. The van der Waals surface area contributed by atoms with Gasteiger partial charge in [0.25, 0.3) is 10.0 Å². The molecule has 0 radical (unpaired) electrons. The molecule has 0 unspecified atom stereocenters. The summed E-state index contributed by atoms with van der Waals surface area (Å²) in [5.41, 5.74) is 1.09. The monoisotopic (exact) mass is 430 g/mol. The van der Waals surface area contributed by atoms with E-state index in [1.807, 2.05) is 24.3 Å². The van der Waals surface area contributed by atoms with Crippen LogP contribution in [0.15, 0.2) is 45.1 Å². The van der Waals surface area contributed by atoms with Crippen LogP contribution in [0.1, 0.15) is 16.9 Å². The maximum absolute atomic E-state index is 12.0. The lowest BCUT2D eigenvalue weighted by Gasteiger charge is -2.08. The highest BCUT2D eigenvalue weighted by atomic mass is 79.9. The summed E-state index contributed by atoms with van der Waals surface area (Å²) in [6, 6.07) is 11.1. The highest BCUT2D eigenvalue weighted by molar-refractivity contribution is 9.10. The number of sulfonamides is 1. The minimum Gasteiger partial charge on any atom is -0.351 e. The van der Waals surface area contributed by atoms with Crippen molar-refractivity contribution in [3.8, 4) is 0 Å². The van der Waals surface area contributed by atoms with Gasteiger partial charge in [-0.25, -0.2) is 12.7 Å². The number of nitrogens with zero attached hydrogens (tertiary/aromatic N) is 1. The first-order valence-corrected chi connectivity index (χ1v) is 10.4. The third-order valence-corrected chi connectivity index (χ3v) is 7.55. The second-order valence-electron chi connectivity index (χ2n) is 5.38. The van der Waals surface area contributed by atoms with Crippen molar-refractivity contribution >= 4 is 43.2 Å². The first-order valence-electron chi connectivity index (χ1n) is 7.32. The van der Waals surface area contributed by atoms with Gasteiger partial charge in [0.2, 0.25) is 5.91 Å². The minimum absolute atomic E-state index is 0.0591. The van der Waals surface area contributed by atoms with Crippen LogP contribution in [0.5, 0.6) is 0 Å². The normalized spacial score (nSPS) is 11.7. The summed E-state index contributed by atoms with van der Waals surface area (Å²) < 4.78 is 26.5. The average molecular weight is 431 g/mol. The predicted octanol–water partition coefficient (Wildman–Crippen LogP) is 3.01. The van der Waals surface area contributed by atoms with Crippen molar-refractivity contribution in [2.24, 2.45) is 0 Å². The fourth-order valence-corrected chi connectivity index (χ4v) is 4.94. The number of nitrogens with one attached hydrogen (secondary N) is 1. The molecule has 1 N–H and O–H groups in total. The summed E-state index contributed by atoms with van der Waals surface area (Å²) in [4.78, 5) is 12.8. The molecule has 1 aromatic heterocycles. The molecule has 0 aliphatic heterocycles. The molecule has 24 heavy (non-hydrogen) atoms. The predicted molar refractivity (Wildman–Crippen MR) is 99.5 cm³/mol. The number of carbonyl (C=O) groups excluding carboxylic acids is 1. The van der Waals surface area contributed by atoms with E-state index >= 15 is 0 Å². The zero-order chi connectivity index (χ0) is 17.7. The molecule has 5 nitrogen and oxygen atoms in total. The molecule has 1 heterocycles. The summed E-state index contributed by atoms with van der Waals surface area (Å²) >= 11 is 4.64. The third kappa shape index (κ3) is 4.89. The Hall–Kier alpha value is -1.22. The summed E-state index contributed by atoms with van der Waals surface area (Å²) in [5, 5.41) is 2.83. The Bertz CT molecular complexity index is 816. The van der Waals surface area contributed by atoms with Crippen molar-refractivity contribution in [3.05, 3.63) is 51.3 Å². The standard InChI is InChI=1S/C16H19BrN2O3S2/c1-19(2)24(21,22)16-10-8-13(23-16)11-18-15(20)9-7-12-5-3-4-6-14(12)17/h3-6,8,10H,7,9,11H2,1-2H3,(H,18,20). The van der Waals surface area contributed by atoms with Gasteiger partial charge in [-0.05, 0) is 30.2 Å². The van der Waals surface area contributed by atoms with Gasteiger partial charge in [-0.15, -0.1) is 11.3 Å². The topological polar surface area (TPSA) is 66.5 Å². The SMILES string of the molecule is CN(C)S(=O)(=O)c1ccc(CNC(=O)CCc2ccccc2Br)s1. The largest absolute Gasteiger partial charge is 0.351 e. The van der Waals surface area contributed by atoms with E-state index in [9.17, 15) is 13.2 Å². The number of benzene rings is 1. The molecular formula is C16H19BrN2O3S2. The number of thiophene rings is 1. The molecule has 8 heteroatoms. The van der Waals surface area contributed by atoms with Gasteiger partial charge in [0.1, 0.15) is 4.21 Å². The number of rotatable bonds is 7. The fourth-order valence-electron chi connectivity index (χ4n) is 2.00. The van der Waals surface area contributed by atoms with E-state index in [0.717, 1.165) is 14.9 Å². The van der Waals surface area contributed by atoms with Gasteiger partial charge >= 0.3 is 0 Å². The van der Waals surface area contributed by atoms with Crippen LogP contribution in [-0.2, 0) is 27.8 Å². The van der Waals surface area contributed by atoms with Crippen molar-refractivity contribution in [3.63, 3.8) is 0 Å². The zero-order valence-corrected chi connectivity index (χ0v) is 16.7. The van der Waals surface area contributed by atoms with Crippen molar-refractivity contribution < 1.29 is 13.2 Å². The zero-order valence-electron chi connectivity index (χ0n) is 13.5. The van der Waals surface area contributed by atoms with Crippen LogP contribution in [-0.4, -0.2) is 32.7 Å². The van der Waals surface area contributed by atoms with Crippen molar-refractivity contribution in [2.45, 2.75) is 23.6 Å². The van der Waals surface area contributed by atoms with E-state index in [1.54, 1.807) is 12.1 Å². The number of hydrogen-bond acceptors (Lipinski definition) is 4. The first kappa shape index (κ1) is 19.1. The molecule has 1 amide bonds. The second-order valence-corrected chi connectivity index (χ2v) is 9.78. The fraction of sp³-hybridized carbons (Fsp3) is 0.312. The summed E-state index contributed by atoms with van der Waals surface area (Å²) in [7, 11) is -0.415. The van der Waals surface area contributed by atoms with Crippen LogP contribution in [0, 0.1) is 0 Å². The van der Waals surface area contributed by atoms with Crippen molar-refractivity contribution in [1.29, 1.82) is 0 Å². The summed E-state index contributed by atoms with van der Waals surface area (Å²) in [5.74, 6) is -0.0591. The van der Waals surface area contributed by atoms with E-state index < -0.39 is 10.0 Å². The molecule has 0 saturated heterocycles. The van der Waals surface area contributed by atoms with Gasteiger partial charge in [0.05, 0.1) is 6.54 Å². The average Bonchev–Trinajstić information content (AvgIpc) is 3.01. The number of amides is 1. The highest BCUT2D eigenvalue weighted by Gasteiger charge is 2.19. The van der Waals surface area contributed by atoms with Gasteiger partial charge in [-0.2, -0.15) is 0 Å². The summed E-state index contributed by atoms with van der Waals surface area (Å²) in [6.07, 6.45) is 1.04. The van der Waals surface area contributed by atoms with E-state index in [2.05, 4.69) is 21.2 Å². The Balaban J connectivity index is 1.87. The quantitative estimate of drug-likeness (QED) is 0.733. The first-order chi connectivity index (χ1) is 11.3. The lowest BCUT2D eigenvalue weighted by atomic mass is 10.1. The molecular weight excluding hydrogens is 412 g/mol. The van der Waals surface area contributed by atoms with Crippen LogP contribution in [0.4, 0.5) is 0 Å². The Kier molecular flexibility index (Phi) is 6.56. The summed E-state index contributed by atoms with van der Waals surface area (Å²) in [6.45, 7) is 0.336. The Morgan fingerprint density at radius 1 is 1.21 bits per heavy atom. The van der Waals surface area contributed by atoms with E-state index in [4.69, 9.17) is 0 Å². The van der Waals surface area contributed by atoms with Crippen LogP contribution >= 0.6 is 27.3 Å². The second kappa shape index (κ2) is 8.24. The van der Waals surface area contributed by atoms with Crippen LogP contribution in [0.2, 0.25) is 0 Å². The lowest BCUT2D eigenvalue weighted by Crippen LogP contribution is -2.22. The highest BCUT2D eigenvalue weighted by Crippen LogP contribution is 2.23. The smallest absolute Gasteiger partial charge is 0.252 e. The molecule has 2 aromatic rings. The number of hydrogen-bond donors (Lipinski definition) is 1. The van der Waals surface area contributed by atoms with E-state index in [-0.39, 0.29) is 10.1 Å². The third-order valence-electron chi connectivity index (χ3n) is 3.41. The van der Waals surface area contributed by atoms with Crippen LogP contribution in [0.3, 0.4) is 0 Å². The van der Waals surface area contributed by atoms with E-state index in [0.29, 0.717) is 19.4 Å². The molecule has 1 aromatic carbocycles. The van der Waals surface area contributed by atoms with Gasteiger partial charge in [-0.1, -0.05) is 34.1 Å². The molecule has 0 aliphatic rings. The molecule has 0 saturated carbocycles. The molecule has 0 atom stereocenters. The van der Waals surface area contributed by atoms with Gasteiger partial charge in [-0.3, -0.25) is 4.79 Å². The number of halogens is 1. The molecule has 0 bridgehead atoms. The molecule has 0 aliphatic carbocycles. The molecule has 2 rings (SSSR count). The Morgan fingerprint density at radius 3 is 2.58 bits per heavy atom. The molecule has 0 spiro atoms. The number of aryl methyl sites for hydroxylation is 1. The van der Waals surface area contributed by atoms with Crippen molar-refractivity contribution in [1.82, 2.24) is 9.62 Å². The lowest BCUT2D eigenvalue weighted by molar-refractivity contribution is -0.121.